The molecule has 0 radical (unpaired) electrons. The zero-order chi connectivity index (χ0) is 23.4. The second kappa shape index (κ2) is 7.63. The SMILES string of the molecule is O=c1[nH]c2ccc(-n3nnc4c(F)cc(-c5ccnn5Cc5ccc(Cl)c(F)c5)cc43)cc2[nH]1. The summed E-state index contributed by atoms with van der Waals surface area (Å²) in [4.78, 5) is 17.0. The van der Waals surface area contributed by atoms with E-state index in [2.05, 4.69) is 25.4 Å². The summed E-state index contributed by atoms with van der Waals surface area (Å²) in [6.07, 6.45) is 1.59. The van der Waals surface area contributed by atoms with Gasteiger partial charge in [-0.05, 0) is 54.1 Å². The van der Waals surface area contributed by atoms with Crippen LogP contribution in [0.15, 0.2) is 65.6 Å². The van der Waals surface area contributed by atoms with Crippen LogP contribution in [0.5, 0.6) is 0 Å². The number of nitrogens with zero attached hydrogens (tertiary/aromatic N) is 5. The van der Waals surface area contributed by atoms with Gasteiger partial charge in [-0.2, -0.15) is 5.10 Å². The molecule has 0 bridgehead atoms. The molecule has 11 heteroatoms. The highest BCUT2D eigenvalue weighted by atomic mass is 35.5. The summed E-state index contributed by atoms with van der Waals surface area (Å²) in [5, 5.41) is 12.5. The average molecular weight is 478 g/mol. The minimum absolute atomic E-state index is 0.0413. The van der Waals surface area contributed by atoms with E-state index < -0.39 is 11.6 Å². The lowest BCUT2D eigenvalue weighted by Crippen LogP contribution is -2.04. The molecule has 6 aromatic rings. The van der Waals surface area contributed by atoms with Crippen molar-refractivity contribution in [2.45, 2.75) is 6.54 Å². The maximum Gasteiger partial charge on any atom is 0.323 e. The first-order valence-corrected chi connectivity index (χ1v) is 10.6. The molecule has 34 heavy (non-hydrogen) atoms. The number of imidazole rings is 1. The van der Waals surface area contributed by atoms with Gasteiger partial charge in [0.15, 0.2) is 5.82 Å². The minimum Gasteiger partial charge on any atom is -0.306 e. The zero-order valence-corrected chi connectivity index (χ0v) is 18.0. The summed E-state index contributed by atoms with van der Waals surface area (Å²) < 4.78 is 32.0. The van der Waals surface area contributed by atoms with Crippen molar-refractivity contribution in [2.24, 2.45) is 0 Å². The van der Waals surface area contributed by atoms with Gasteiger partial charge in [0.05, 0.1) is 39.5 Å². The maximum atomic E-state index is 15.0. The molecule has 168 valence electrons. The molecule has 0 atom stereocenters. The van der Waals surface area contributed by atoms with E-state index >= 15 is 4.39 Å². The molecule has 0 saturated heterocycles. The zero-order valence-electron chi connectivity index (χ0n) is 17.3. The maximum absolute atomic E-state index is 15.0. The van der Waals surface area contributed by atoms with Gasteiger partial charge in [-0.25, -0.2) is 18.3 Å². The summed E-state index contributed by atoms with van der Waals surface area (Å²) in [6, 6.07) is 14.6. The fourth-order valence-electron chi connectivity index (χ4n) is 3.99. The van der Waals surface area contributed by atoms with Crippen molar-refractivity contribution >= 4 is 33.7 Å². The third-order valence-corrected chi connectivity index (χ3v) is 5.88. The van der Waals surface area contributed by atoms with E-state index in [-0.39, 0.29) is 22.8 Å². The number of nitrogens with one attached hydrogen (secondary N) is 2. The second-order valence-corrected chi connectivity index (χ2v) is 8.17. The Bertz CT molecular complexity index is 1760. The van der Waals surface area contributed by atoms with E-state index in [1.165, 1.54) is 22.9 Å². The van der Waals surface area contributed by atoms with Crippen LogP contribution in [0, 0.1) is 11.6 Å². The molecule has 3 aromatic carbocycles. The van der Waals surface area contributed by atoms with Crippen LogP contribution in [0.4, 0.5) is 8.78 Å². The summed E-state index contributed by atoms with van der Waals surface area (Å²) in [7, 11) is 0. The van der Waals surface area contributed by atoms with E-state index in [1.54, 1.807) is 47.3 Å². The molecule has 0 spiro atoms. The normalized spacial score (nSPS) is 11.6. The number of aromatic amines is 2. The van der Waals surface area contributed by atoms with Gasteiger partial charge in [-0.3, -0.25) is 4.68 Å². The lowest BCUT2D eigenvalue weighted by molar-refractivity contribution is 0.620. The van der Waals surface area contributed by atoms with Gasteiger partial charge in [-0.15, -0.1) is 5.10 Å². The molecule has 0 aliphatic heterocycles. The topological polar surface area (TPSA) is 97.2 Å². The number of hydrogen-bond donors (Lipinski definition) is 2. The van der Waals surface area contributed by atoms with Crippen molar-refractivity contribution in [3.05, 3.63) is 93.5 Å². The van der Waals surface area contributed by atoms with E-state index in [9.17, 15) is 9.18 Å². The van der Waals surface area contributed by atoms with E-state index in [0.29, 0.717) is 39.1 Å². The first-order chi connectivity index (χ1) is 16.5. The monoisotopic (exact) mass is 477 g/mol. The fourth-order valence-corrected chi connectivity index (χ4v) is 4.11. The Hall–Kier alpha value is -4.31. The molecule has 3 heterocycles. The van der Waals surface area contributed by atoms with Gasteiger partial charge in [0.1, 0.15) is 11.3 Å². The predicted molar refractivity (Wildman–Crippen MR) is 123 cm³/mol. The van der Waals surface area contributed by atoms with Crippen molar-refractivity contribution in [3.8, 4) is 16.9 Å². The molecule has 8 nitrogen and oxygen atoms in total. The molecule has 3 aromatic heterocycles. The van der Waals surface area contributed by atoms with Crippen molar-refractivity contribution in [1.82, 2.24) is 34.7 Å². The number of benzene rings is 3. The number of halogens is 3. The Morgan fingerprint density at radius 3 is 2.65 bits per heavy atom. The summed E-state index contributed by atoms with van der Waals surface area (Å²) in [5.41, 5.74) is 3.92. The van der Waals surface area contributed by atoms with E-state index in [4.69, 9.17) is 11.6 Å². The highest BCUT2D eigenvalue weighted by Crippen LogP contribution is 2.28. The lowest BCUT2D eigenvalue weighted by Gasteiger charge is -2.10. The molecule has 0 aliphatic carbocycles. The third kappa shape index (κ3) is 3.35. The molecule has 0 saturated carbocycles. The van der Waals surface area contributed by atoms with Gasteiger partial charge < -0.3 is 9.97 Å². The standard InChI is InChI=1S/C23H14ClF2N7O/c24-15-3-1-12(7-16(15)25)11-32-20(5-6-27-32)13-8-17(26)22-21(9-13)33(31-30-22)14-2-4-18-19(10-14)29-23(34)28-18/h1-10H,11H2,(H2,28,29,34). The van der Waals surface area contributed by atoms with Crippen LogP contribution >= 0.6 is 11.6 Å². The summed E-state index contributed by atoms with van der Waals surface area (Å²) in [5.74, 6) is -1.06. The van der Waals surface area contributed by atoms with Gasteiger partial charge in [0.25, 0.3) is 0 Å². The predicted octanol–water partition coefficient (Wildman–Crippen LogP) is 4.43. The van der Waals surface area contributed by atoms with Crippen molar-refractivity contribution < 1.29 is 8.78 Å². The highest BCUT2D eigenvalue weighted by molar-refractivity contribution is 6.30. The van der Waals surface area contributed by atoms with Gasteiger partial charge in [0.2, 0.25) is 0 Å². The molecule has 0 unspecified atom stereocenters. The molecule has 2 N–H and O–H groups in total. The van der Waals surface area contributed by atoms with E-state index in [1.807, 2.05) is 0 Å². The fraction of sp³-hybridized carbons (Fsp3) is 0.0435. The molecule has 6 rings (SSSR count). The molecule has 0 aliphatic rings. The van der Waals surface area contributed by atoms with Crippen LogP contribution in [0.2, 0.25) is 5.02 Å². The second-order valence-electron chi connectivity index (χ2n) is 7.76. The first kappa shape index (κ1) is 20.3. The Kier molecular flexibility index (Phi) is 4.56. The van der Waals surface area contributed by atoms with Crippen LogP contribution < -0.4 is 5.69 Å². The van der Waals surface area contributed by atoms with Crippen LogP contribution in [-0.4, -0.2) is 34.7 Å². The van der Waals surface area contributed by atoms with Gasteiger partial charge >= 0.3 is 5.69 Å². The number of fused-ring (bicyclic) bond motifs is 2. The Morgan fingerprint density at radius 1 is 0.941 bits per heavy atom. The smallest absolute Gasteiger partial charge is 0.306 e. The van der Waals surface area contributed by atoms with Crippen molar-refractivity contribution in [2.75, 3.05) is 0 Å². The molecular formula is C23H14ClF2N7O. The lowest BCUT2D eigenvalue weighted by atomic mass is 10.1. The van der Waals surface area contributed by atoms with Crippen molar-refractivity contribution in [1.29, 1.82) is 0 Å². The number of H-pyrrole nitrogens is 2. The largest absolute Gasteiger partial charge is 0.323 e. The van der Waals surface area contributed by atoms with Crippen LogP contribution in [0.25, 0.3) is 39.0 Å². The van der Waals surface area contributed by atoms with Gasteiger partial charge in [0, 0.05) is 11.8 Å². The first-order valence-electron chi connectivity index (χ1n) is 10.2. The van der Waals surface area contributed by atoms with E-state index in [0.717, 1.165) is 0 Å². The Balaban J connectivity index is 1.45. The number of aromatic nitrogens is 7. The van der Waals surface area contributed by atoms with Crippen LogP contribution in [-0.2, 0) is 6.54 Å². The molecule has 0 amide bonds. The van der Waals surface area contributed by atoms with Crippen LogP contribution in [0.3, 0.4) is 0 Å². The quantitative estimate of drug-likeness (QED) is 0.392. The Labute approximate surface area is 194 Å². The number of hydrogen-bond acceptors (Lipinski definition) is 4. The molecule has 0 fully saturated rings. The Morgan fingerprint density at radius 2 is 1.79 bits per heavy atom. The van der Waals surface area contributed by atoms with Crippen LogP contribution in [0.1, 0.15) is 5.56 Å². The van der Waals surface area contributed by atoms with Crippen molar-refractivity contribution in [3.63, 3.8) is 0 Å². The average Bonchev–Trinajstić information content (AvgIpc) is 3.53. The highest BCUT2D eigenvalue weighted by Gasteiger charge is 2.16. The minimum atomic E-state index is -0.542. The van der Waals surface area contributed by atoms with Gasteiger partial charge in [-0.1, -0.05) is 22.9 Å². The summed E-state index contributed by atoms with van der Waals surface area (Å²) >= 11 is 5.78. The third-order valence-electron chi connectivity index (χ3n) is 5.58. The summed E-state index contributed by atoms with van der Waals surface area (Å²) in [6.45, 7) is 0.269. The number of rotatable bonds is 4. The molecular weight excluding hydrogens is 464 g/mol.